The molecule has 2 heterocycles. The second kappa shape index (κ2) is 7.34. The molecular weight excluding hydrogens is 380 g/mol. The fourth-order valence-corrected chi connectivity index (χ4v) is 3.92. The highest BCUT2D eigenvalue weighted by molar-refractivity contribution is 7.89. The summed E-state index contributed by atoms with van der Waals surface area (Å²) < 4.78 is 30.3. The molecule has 0 bridgehead atoms. The summed E-state index contributed by atoms with van der Waals surface area (Å²) in [6.07, 6.45) is 0.924. The van der Waals surface area contributed by atoms with E-state index in [4.69, 9.17) is 9.88 Å². The van der Waals surface area contributed by atoms with Crippen LogP contribution in [-0.4, -0.2) is 37.3 Å². The number of hydrogen-bond donors (Lipinski definition) is 2. The highest BCUT2D eigenvalue weighted by Gasteiger charge is 2.23. The first kappa shape index (κ1) is 18.6. The predicted molar refractivity (Wildman–Crippen MR) is 104 cm³/mol. The van der Waals surface area contributed by atoms with Crippen LogP contribution in [0.5, 0.6) is 0 Å². The average molecular weight is 400 g/mol. The zero-order valence-electron chi connectivity index (χ0n) is 15.0. The Bertz CT molecular complexity index is 1130. The first-order valence-corrected chi connectivity index (χ1v) is 10.4. The Labute approximate surface area is 162 Å². The fourth-order valence-electron chi connectivity index (χ4n) is 3.36. The van der Waals surface area contributed by atoms with E-state index < -0.39 is 10.0 Å². The lowest BCUT2D eigenvalue weighted by molar-refractivity contribution is 0.101. The number of carbonyl (C=O) groups excluding carboxylic acids is 1. The van der Waals surface area contributed by atoms with Crippen molar-refractivity contribution >= 4 is 32.5 Å². The van der Waals surface area contributed by atoms with Gasteiger partial charge in [0.25, 0.3) is 5.91 Å². The largest absolute Gasteiger partial charge is 0.381 e. The van der Waals surface area contributed by atoms with E-state index in [2.05, 4.69) is 10.4 Å². The number of carbonyl (C=O) groups is 1. The molecule has 1 amide bonds. The normalized spacial score (nSPS) is 17.1. The van der Waals surface area contributed by atoms with Crippen molar-refractivity contribution < 1.29 is 17.9 Å². The van der Waals surface area contributed by atoms with E-state index in [9.17, 15) is 13.2 Å². The molecule has 3 aromatic rings. The molecule has 1 aliphatic rings. The Balaban J connectivity index is 1.68. The minimum absolute atomic E-state index is 0.0632. The predicted octanol–water partition coefficient (Wildman–Crippen LogP) is 1.97. The van der Waals surface area contributed by atoms with Crippen molar-refractivity contribution in [2.75, 3.05) is 18.5 Å². The van der Waals surface area contributed by atoms with Crippen LogP contribution in [0, 0.1) is 5.92 Å². The number of anilines is 1. The maximum absolute atomic E-state index is 13.1. The summed E-state index contributed by atoms with van der Waals surface area (Å²) in [7, 11) is -3.86. The number of aromatic nitrogens is 2. The van der Waals surface area contributed by atoms with E-state index >= 15 is 0 Å². The molecule has 3 N–H and O–H groups in total. The molecule has 9 heteroatoms. The van der Waals surface area contributed by atoms with Crippen LogP contribution in [0.25, 0.3) is 10.9 Å². The molecule has 0 saturated carbocycles. The number of fused-ring (bicyclic) bond motifs is 1. The number of amides is 1. The van der Waals surface area contributed by atoms with Crippen molar-refractivity contribution in [2.24, 2.45) is 11.1 Å². The molecule has 2 aromatic carbocycles. The topological polar surface area (TPSA) is 116 Å². The Morgan fingerprint density at radius 3 is 2.82 bits per heavy atom. The van der Waals surface area contributed by atoms with Gasteiger partial charge in [-0.25, -0.2) is 13.6 Å². The lowest BCUT2D eigenvalue weighted by Gasteiger charge is -2.12. The van der Waals surface area contributed by atoms with Crippen molar-refractivity contribution in [3.05, 3.63) is 54.2 Å². The number of rotatable bonds is 5. The van der Waals surface area contributed by atoms with Gasteiger partial charge in [-0.3, -0.25) is 9.48 Å². The lowest BCUT2D eigenvalue weighted by atomic mass is 10.1. The zero-order valence-corrected chi connectivity index (χ0v) is 15.9. The van der Waals surface area contributed by atoms with Crippen LogP contribution in [-0.2, 0) is 21.3 Å². The number of primary sulfonamides is 1. The Kier molecular flexibility index (Phi) is 4.88. The molecule has 0 radical (unpaired) electrons. The van der Waals surface area contributed by atoms with Crippen LogP contribution in [0.4, 0.5) is 5.69 Å². The standard InChI is InChI=1S/C19H20N4O4S/c20-28(25,26)15-5-3-4-14(10-15)21-19(24)18-16-6-1-2-7-17(16)22-23(18)11-13-8-9-27-12-13/h1-7,10,13H,8-9,11-12H2,(H,21,24)(H2,20,25,26). The van der Waals surface area contributed by atoms with E-state index in [1.807, 2.05) is 24.3 Å². The maximum Gasteiger partial charge on any atom is 0.274 e. The van der Waals surface area contributed by atoms with Gasteiger partial charge < -0.3 is 10.1 Å². The minimum atomic E-state index is -3.86. The van der Waals surface area contributed by atoms with Gasteiger partial charge in [0.05, 0.1) is 17.0 Å². The first-order chi connectivity index (χ1) is 13.4. The summed E-state index contributed by atoms with van der Waals surface area (Å²) in [5.41, 5.74) is 1.51. The van der Waals surface area contributed by atoms with E-state index in [1.54, 1.807) is 10.7 Å². The van der Waals surface area contributed by atoms with Crippen LogP contribution in [0.1, 0.15) is 16.9 Å². The van der Waals surface area contributed by atoms with Crippen molar-refractivity contribution in [3.8, 4) is 0 Å². The molecule has 4 rings (SSSR count). The van der Waals surface area contributed by atoms with Crippen LogP contribution in [0.2, 0.25) is 0 Å². The van der Waals surface area contributed by atoms with Crippen LogP contribution >= 0.6 is 0 Å². The van der Waals surface area contributed by atoms with Crippen molar-refractivity contribution in [3.63, 3.8) is 0 Å². The van der Waals surface area contributed by atoms with Gasteiger partial charge in [0.2, 0.25) is 10.0 Å². The summed E-state index contributed by atoms with van der Waals surface area (Å²) in [6.45, 7) is 1.94. The minimum Gasteiger partial charge on any atom is -0.381 e. The zero-order chi connectivity index (χ0) is 19.7. The second-order valence-electron chi connectivity index (χ2n) is 6.80. The average Bonchev–Trinajstić information content (AvgIpc) is 3.28. The highest BCUT2D eigenvalue weighted by atomic mass is 32.2. The highest BCUT2D eigenvalue weighted by Crippen LogP contribution is 2.23. The molecule has 1 unspecified atom stereocenters. The fraction of sp³-hybridized carbons (Fsp3) is 0.263. The van der Waals surface area contributed by atoms with E-state index in [1.165, 1.54) is 18.2 Å². The van der Waals surface area contributed by atoms with Crippen LogP contribution < -0.4 is 10.5 Å². The molecular formula is C19H20N4O4S. The van der Waals surface area contributed by atoms with Gasteiger partial charge in [0.15, 0.2) is 0 Å². The van der Waals surface area contributed by atoms with Gasteiger partial charge >= 0.3 is 0 Å². The third-order valence-electron chi connectivity index (χ3n) is 4.74. The summed E-state index contributed by atoms with van der Waals surface area (Å²) in [4.78, 5) is 13.0. The van der Waals surface area contributed by atoms with Crippen LogP contribution in [0.15, 0.2) is 53.4 Å². The van der Waals surface area contributed by atoms with Crippen molar-refractivity contribution in [1.82, 2.24) is 9.78 Å². The summed E-state index contributed by atoms with van der Waals surface area (Å²) >= 11 is 0. The van der Waals surface area contributed by atoms with E-state index in [0.29, 0.717) is 37.1 Å². The van der Waals surface area contributed by atoms with Gasteiger partial charge in [-0.15, -0.1) is 0 Å². The SMILES string of the molecule is NS(=O)(=O)c1cccc(NC(=O)c2c3ccccc3nn2CC2CCOC2)c1. The van der Waals surface area contributed by atoms with Gasteiger partial charge in [0.1, 0.15) is 5.69 Å². The third kappa shape index (κ3) is 3.77. The molecule has 146 valence electrons. The Morgan fingerprint density at radius 1 is 1.25 bits per heavy atom. The Morgan fingerprint density at radius 2 is 2.07 bits per heavy atom. The van der Waals surface area contributed by atoms with Gasteiger partial charge in [-0.2, -0.15) is 5.10 Å². The van der Waals surface area contributed by atoms with E-state index in [0.717, 1.165) is 17.3 Å². The molecule has 0 aliphatic carbocycles. The van der Waals surface area contributed by atoms with Gasteiger partial charge in [-0.1, -0.05) is 24.3 Å². The van der Waals surface area contributed by atoms with Gasteiger partial charge in [-0.05, 0) is 30.7 Å². The molecule has 1 atom stereocenters. The molecule has 1 saturated heterocycles. The first-order valence-electron chi connectivity index (χ1n) is 8.89. The number of hydrogen-bond acceptors (Lipinski definition) is 5. The monoisotopic (exact) mass is 400 g/mol. The number of ether oxygens (including phenoxy) is 1. The van der Waals surface area contributed by atoms with E-state index in [-0.39, 0.29) is 10.8 Å². The molecule has 28 heavy (non-hydrogen) atoms. The smallest absolute Gasteiger partial charge is 0.274 e. The lowest BCUT2D eigenvalue weighted by Crippen LogP contribution is -2.21. The molecule has 1 aromatic heterocycles. The Hall–Kier alpha value is -2.75. The molecule has 8 nitrogen and oxygen atoms in total. The number of nitrogens with two attached hydrogens (primary N) is 1. The van der Waals surface area contributed by atoms with Crippen LogP contribution in [0.3, 0.4) is 0 Å². The van der Waals surface area contributed by atoms with Crippen molar-refractivity contribution in [2.45, 2.75) is 17.9 Å². The number of sulfonamides is 1. The summed E-state index contributed by atoms with van der Waals surface area (Å²) in [5, 5.41) is 13.3. The number of benzene rings is 2. The summed E-state index contributed by atoms with van der Waals surface area (Å²) in [6, 6.07) is 13.3. The maximum atomic E-state index is 13.1. The third-order valence-corrected chi connectivity index (χ3v) is 5.65. The van der Waals surface area contributed by atoms with Gasteiger partial charge in [0, 0.05) is 30.1 Å². The second-order valence-corrected chi connectivity index (χ2v) is 8.37. The molecule has 1 fully saturated rings. The molecule has 0 spiro atoms. The quantitative estimate of drug-likeness (QED) is 0.679. The van der Waals surface area contributed by atoms with Crippen molar-refractivity contribution in [1.29, 1.82) is 0 Å². The number of nitrogens with one attached hydrogen (secondary N) is 1. The number of nitrogens with zero attached hydrogens (tertiary/aromatic N) is 2. The molecule has 1 aliphatic heterocycles. The summed E-state index contributed by atoms with van der Waals surface area (Å²) in [5.74, 6) is -0.0641.